The van der Waals surface area contributed by atoms with Crippen LogP contribution in [0.15, 0.2) is 0 Å². The highest BCUT2D eigenvalue weighted by atomic mass is 16.6. The predicted molar refractivity (Wildman–Crippen MR) is 29.6 cm³/mol. The molecule has 4 nitrogen and oxygen atoms in total. The lowest BCUT2D eigenvalue weighted by atomic mass is 10.6. The third kappa shape index (κ3) is 3.05. The molecule has 0 aromatic carbocycles. The average Bonchev–Trinajstić information content (AvgIpc) is 1.87. The smallest absolute Gasteiger partial charge is 0.363 e. The highest BCUT2D eigenvalue weighted by molar-refractivity contribution is 5.72. The maximum atomic E-state index is 10.4. The van der Waals surface area contributed by atoms with Crippen molar-refractivity contribution in [2.75, 3.05) is 13.7 Å². The number of carbonyl (C=O) groups is 1. The van der Waals surface area contributed by atoms with E-state index in [0.29, 0.717) is 0 Å². The average molecular weight is 134 g/mol. The number of hydrogen-bond donors (Lipinski definition) is 1. The third-order valence-electron chi connectivity index (χ3n) is 0.711. The van der Waals surface area contributed by atoms with Crippen LogP contribution >= 0.6 is 0 Å². The molecule has 0 aromatic rings. The van der Waals surface area contributed by atoms with Crippen molar-refractivity contribution in [2.24, 2.45) is 0 Å². The van der Waals surface area contributed by atoms with Crippen LogP contribution in [0.3, 0.4) is 0 Å². The predicted octanol–water partition coefficient (Wildman–Crippen LogP) is -0.486. The molecule has 9 heavy (non-hydrogen) atoms. The van der Waals surface area contributed by atoms with Gasteiger partial charge in [0.05, 0.1) is 6.61 Å². The summed E-state index contributed by atoms with van der Waals surface area (Å²) in [6.45, 7) is 1.90. The lowest BCUT2D eigenvalue weighted by Gasteiger charge is -2.05. The van der Waals surface area contributed by atoms with Gasteiger partial charge in [0.25, 0.3) is 6.29 Å². The molecule has 0 amide bonds. The fourth-order valence-electron chi connectivity index (χ4n) is 0.310. The number of ether oxygens (including phenoxy) is 2. The molecule has 4 heteroatoms. The van der Waals surface area contributed by atoms with Gasteiger partial charge in [-0.25, -0.2) is 4.79 Å². The molecule has 0 rings (SSSR count). The van der Waals surface area contributed by atoms with Gasteiger partial charge in [-0.15, -0.1) is 0 Å². The lowest BCUT2D eigenvalue weighted by Crippen LogP contribution is -2.24. The Morgan fingerprint density at radius 1 is 1.78 bits per heavy atom. The van der Waals surface area contributed by atoms with Gasteiger partial charge in [-0.2, -0.15) is 0 Å². The molecule has 0 saturated carbocycles. The van der Waals surface area contributed by atoms with Gasteiger partial charge in [-0.05, 0) is 6.92 Å². The van der Waals surface area contributed by atoms with E-state index in [1.165, 1.54) is 7.11 Å². The first kappa shape index (κ1) is 8.39. The van der Waals surface area contributed by atoms with Crippen LogP contribution in [-0.4, -0.2) is 31.1 Å². The van der Waals surface area contributed by atoms with Gasteiger partial charge < -0.3 is 14.6 Å². The minimum atomic E-state index is -1.44. The molecule has 0 heterocycles. The second kappa shape index (κ2) is 4.29. The summed E-state index contributed by atoms with van der Waals surface area (Å²) < 4.78 is 8.63. The Bertz CT molecular complexity index is 91.0. The lowest BCUT2D eigenvalue weighted by molar-refractivity contribution is -0.177. The number of hydrogen-bond acceptors (Lipinski definition) is 4. The zero-order valence-electron chi connectivity index (χ0n) is 5.46. The summed E-state index contributed by atoms with van der Waals surface area (Å²) in [5, 5.41) is 8.56. The van der Waals surface area contributed by atoms with Gasteiger partial charge >= 0.3 is 5.97 Å². The van der Waals surface area contributed by atoms with Crippen molar-refractivity contribution >= 4 is 5.97 Å². The molecule has 0 aliphatic heterocycles. The fourth-order valence-corrected chi connectivity index (χ4v) is 0.310. The second-order valence-corrected chi connectivity index (χ2v) is 1.34. The van der Waals surface area contributed by atoms with Gasteiger partial charge in [0.2, 0.25) is 0 Å². The van der Waals surface area contributed by atoms with Crippen molar-refractivity contribution in [3.05, 3.63) is 0 Å². The van der Waals surface area contributed by atoms with Crippen molar-refractivity contribution in [3.8, 4) is 0 Å². The summed E-state index contributed by atoms with van der Waals surface area (Å²) in [7, 11) is 1.22. The number of methoxy groups -OCH3 is 1. The molecular weight excluding hydrogens is 124 g/mol. The molecule has 0 aliphatic carbocycles. The molecule has 1 N–H and O–H groups in total. The molecule has 0 bridgehead atoms. The van der Waals surface area contributed by atoms with Crippen molar-refractivity contribution in [2.45, 2.75) is 13.2 Å². The van der Waals surface area contributed by atoms with Crippen LogP contribution in [-0.2, 0) is 14.3 Å². The molecule has 0 spiro atoms. The van der Waals surface area contributed by atoms with Gasteiger partial charge in [0.1, 0.15) is 0 Å². The van der Waals surface area contributed by atoms with Crippen LogP contribution in [0.4, 0.5) is 0 Å². The molecule has 0 saturated heterocycles. The monoisotopic (exact) mass is 134 g/mol. The van der Waals surface area contributed by atoms with E-state index in [9.17, 15) is 4.79 Å². The molecule has 0 aromatic heterocycles. The first-order valence-corrected chi connectivity index (χ1v) is 2.59. The summed E-state index contributed by atoms with van der Waals surface area (Å²) >= 11 is 0. The van der Waals surface area contributed by atoms with Gasteiger partial charge in [0, 0.05) is 7.11 Å². The quantitative estimate of drug-likeness (QED) is 0.418. The van der Waals surface area contributed by atoms with Gasteiger partial charge in [-0.3, -0.25) is 0 Å². The minimum Gasteiger partial charge on any atom is -0.462 e. The van der Waals surface area contributed by atoms with Crippen molar-refractivity contribution in [1.29, 1.82) is 0 Å². The highest BCUT2D eigenvalue weighted by Gasteiger charge is 2.13. The Labute approximate surface area is 53.4 Å². The standard InChI is InChI=1S/C5H10O4/c1-3-9-5(7)4(6)8-2/h4,6H,3H2,1-2H3. The summed E-state index contributed by atoms with van der Waals surface area (Å²) in [5.41, 5.74) is 0. The number of carbonyl (C=O) groups excluding carboxylic acids is 1. The van der Waals surface area contributed by atoms with E-state index in [2.05, 4.69) is 9.47 Å². The first-order chi connectivity index (χ1) is 4.22. The van der Waals surface area contributed by atoms with E-state index in [0.717, 1.165) is 0 Å². The van der Waals surface area contributed by atoms with E-state index in [4.69, 9.17) is 5.11 Å². The van der Waals surface area contributed by atoms with Crippen LogP contribution in [0.1, 0.15) is 6.92 Å². The fraction of sp³-hybridized carbons (Fsp3) is 0.800. The van der Waals surface area contributed by atoms with Gasteiger partial charge in [-0.1, -0.05) is 0 Å². The van der Waals surface area contributed by atoms with E-state index in [-0.39, 0.29) is 6.61 Å². The molecular formula is C5H10O4. The topological polar surface area (TPSA) is 55.8 Å². The molecule has 54 valence electrons. The number of aliphatic hydroxyl groups is 1. The molecule has 1 unspecified atom stereocenters. The van der Waals surface area contributed by atoms with Crippen LogP contribution < -0.4 is 0 Å². The summed E-state index contributed by atoms with van der Waals surface area (Å²) in [4.78, 5) is 10.4. The van der Waals surface area contributed by atoms with Crippen LogP contribution in [0.5, 0.6) is 0 Å². The number of aliphatic hydroxyl groups excluding tert-OH is 1. The van der Waals surface area contributed by atoms with Crippen molar-refractivity contribution in [1.82, 2.24) is 0 Å². The van der Waals surface area contributed by atoms with E-state index >= 15 is 0 Å². The molecule has 0 radical (unpaired) electrons. The van der Waals surface area contributed by atoms with Crippen LogP contribution in [0, 0.1) is 0 Å². The maximum absolute atomic E-state index is 10.4. The summed E-state index contributed by atoms with van der Waals surface area (Å²) in [5.74, 6) is -0.750. The Balaban J connectivity index is 3.46. The maximum Gasteiger partial charge on any atom is 0.363 e. The van der Waals surface area contributed by atoms with Crippen molar-refractivity contribution in [3.63, 3.8) is 0 Å². The number of esters is 1. The summed E-state index contributed by atoms with van der Waals surface area (Å²) in [6.07, 6.45) is -1.44. The van der Waals surface area contributed by atoms with E-state index < -0.39 is 12.3 Å². The molecule has 0 fully saturated rings. The minimum absolute atomic E-state index is 0.249. The Morgan fingerprint density at radius 3 is 2.67 bits per heavy atom. The second-order valence-electron chi connectivity index (χ2n) is 1.34. The zero-order valence-corrected chi connectivity index (χ0v) is 5.46. The van der Waals surface area contributed by atoms with Crippen molar-refractivity contribution < 1.29 is 19.4 Å². The highest BCUT2D eigenvalue weighted by Crippen LogP contribution is 1.87. The summed E-state index contributed by atoms with van der Waals surface area (Å²) in [6, 6.07) is 0. The SMILES string of the molecule is CCOC(=O)C(O)OC. The van der Waals surface area contributed by atoms with Gasteiger partial charge in [0.15, 0.2) is 0 Å². The van der Waals surface area contributed by atoms with E-state index in [1.807, 2.05) is 0 Å². The zero-order chi connectivity index (χ0) is 7.28. The largest absolute Gasteiger partial charge is 0.462 e. The number of rotatable bonds is 3. The van der Waals surface area contributed by atoms with Crippen LogP contribution in [0.2, 0.25) is 0 Å². The van der Waals surface area contributed by atoms with Crippen LogP contribution in [0.25, 0.3) is 0 Å². The van der Waals surface area contributed by atoms with E-state index in [1.54, 1.807) is 6.92 Å². The molecule has 1 atom stereocenters. The normalized spacial score (nSPS) is 12.8. The Kier molecular flexibility index (Phi) is 4.00. The first-order valence-electron chi connectivity index (χ1n) is 2.59. The Hall–Kier alpha value is -0.610. The third-order valence-corrected chi connectivity index (χ3v) is 0.711. The Morgan fingerprint density at radius 2 is 2.33 bits per heavy atom. The molecule has 0 aliphatic rings.